The van der Waals surface area contributed by atoms with Gasteiger partial charge in [0.1, 0.15) is 6.33 Å². The highest BCUT2D eigenvalue weighted by Crippen LogP contribution is 2.22. The van der Waals surface area contributed by atoms with Crippen LogP contribution in [0, 0.1) is 0 Å². The zero-order chi connectivity index (χ0) is 16.4. The first-order valence-corrected chi connectivity index (χ1v) is 7.93. The molecule has 0 unspecified atom stereocenters. The van der Waals surface area contributed by atoms with Gasteiger partial charge < -0.3 is 4.90 Å². The number of likely N-dealkylation sites (tertiary alicyclic amines) is 1. The van der Waals surface area contributed by atoms with E-state index in [0.717, 1.165) is 25.1 Å². The highest BCUT2D eigenvalue weighted by molar-refractivity contribution is 5.94. The lowest BCUT2D eigenvalue weighted by molar-refractivity contribution is 0.0673. The molecule has 1 aliphatic heterocycles. The number of tetrazole rings is 1. The third kappa shape index (κ3) is 2.78. The smallest absolute Gasteiger partial charge is 0.253 e. The van der Waals surface area contributed by atoms with Gasteiger partial charge >= 0.3 is 0 Å². The molecule has 0 spiro atoms. The summed E-state index contributed by atoms with van der Waals surface area (Å²) in [6.45, 7) is 1.47. The molecule has 1 saturated heterocycles. The fourth-order valence-electron chi connectivity index (χ4n) is 3.07. The van der Waals surface area contributed by atoms with Gasteiger partial charge in [-0.1, -0.05) is 0 Å². The number of carbonyl (C=O) groups excluding carboxylic acids is 1. The summed E-state index contributed by atoms with van der Waals surface area (Å²) < 4.78 is 3.50. The van der Waals surface area contributed by atoms with Gasteiger partial charge in [0.05, 0.1) is 11.7 Å². The van der Waals surface area contributed by atoms with Crippen LogP contribution >= 0.6 is 0 Å². The summed E-state index contributed by atoms with van der Waals surface area (Å²) >= 11 is 0. The van der Waals surface area contributed by atoms with E-state index < -0.39 is 0 Å². The number of aromatic nitrogens is 6. The maximum absolute atomic E-state index is 12.8. The molecule has 1 aromatic carbocycles. The molecule has 1 aliphatic rings. The summed E-state index contributed by atoms with van der Waals surface area (Å²) in [5.74, 6) is 0.0510. The number of nitrogens with zero attached hydrogens (tertiary/aromatic N) is 7. The van der Waals surface area contributed by atoms with Gasteiger partial charge in [0.25, 0.3) is 5.91 Å². The molecule has 4 rings (SSSR count). The largest absolute Gasteiger partial charge is 0.337 e. The second kappa shape index (κ2) is 6.23. The predicted octanol–water partition coefficient (Wildman–Crippen LogP) is 1.34. The Hall–Kier alpha value is -3.03. The second-order valence-electron chi connectivity index (χ2n) is 5.83. The van der Waals surface area contributed by atoms with Crippen molar-refractivity contribution in [3.05, 3.63) is 54.6 Å². The summed E-state index contributed by atoms with van der Waals surface area (Å²) in [5.41, 5.74) is 1.50. The van der Waals surface area contributed by atoms with Crippen LogP contribution in [0.15, 0.2) is 49.1 Å². The maximum atomic E-state index is 12.8. The van der Waals surface area contributed by atoms with Crippen molar-refractivity contribution >= 4 is 5.91 Å². The molecule has 0 aliphatic carbocycles. The van der Waals surface area contributed by atoms with Crippen LogP contribution in [0.2, 0.25) is 0 Å². The first kappa shape index (κ1) is 14.6. The van der Waals surface area contributed by atoms with E-state index in [0.29, 0.717) is 12.1 Å². The van der Waals surface area contributed by atoms with Crippen LogP contribution in [0.25, 0.3) is 5.69 Å². The Balaban J connectivity index is 1.49. The average molecular weight is 323 g/mol. The van der Waals surface area contributed by atoms with Gasteiger partial charge in [0, 0.05) is 31.0 Å². The minimum Gasteiger partial charge on any atom is -0.337 e. The monoisotopic (exact) mass is 323 g/mol. The Morgan fingerprint density at radius 2 is 2.08 bits per heavy atom. The van der Waals surface area contributed by atoms with Crippen molar-refractivity contribution in [3.8, 4) is 5.69 Å². The molecule has 1 fully saturated rings. The lowest BCUT2D eigenvalue weighted by Gasteiger charge is -2.33. The summed E-state index contributed by atoms with van der Waals surface area (Å²) in [4.78, 5) is 14.7. The van der Waals surface area contributed by atoms with E-state index in [1.807, 2.05) is 46.1 Å². The van der Waals surface area contributed by atoms with E-state index in [-0.39, 0.29) is 11.9 Å². The van der Waals surface area contributed by atoms with Gasteiger partial charge in [-0.2, -0.15) is 5.10 Å². The molecule has 1 amide bonds. The quantitative estimate of drug-likeness (QED) is 0.726. The summed E-state index contributed by atoms with van der Waals surface area (Å²) in [6, 6.07) is 9.49. The first-order valence-electron chi connectivity index (χ1n) is 7.93. The Morgan fingerprint density at radius 1 is 1.21 bits per heavy atom. The lowest BCUT2D eigenvalue weighted by Crippen LogP contribution is -2.40. The Labute approximate surface area is 138 Å². The second-order valence-corrected chi connectivity index (χ2v) is 5.83. The van der Waals surface area contributed by atoms with Crippen LogP contribution < -0.4 is 0 Å². The molecule has 8 nitrogen and oxygen atoms in total. The molecule has 8 heteroatoms. The number of rotatable bonds is 3. The third-order valence-corrected chi connectivity index (χ3v) is 4.31. The van der Waals surface area contributed by atoms with Crippen molar-refractivity contribution in [1.82, 2.24) is 34.9 Å². The van der Waals surface area contributed by atoms with Gasteiger partial charge in [0.15, 0.2) is 0 Å². The van der Waals surface area contributed by atoms with Crippen molar-refractivity contribution in [2.75, 3.05) is 13.1 Å². The molecule has 0 radical (unpaired) electrons. The molecular formula is C16H17N7O. The van der Waals surface area contributed by atoms with Gasteiger partial charge in [0.2, 0.25) is 0 Å². The number of amides is 1. The first-order chi connectivity index (χ1) is 11.8. The number of carbonyl (C=O) groups is 1. The van der Waals surface area contributed by atoms with Crippen molar-refractivity contribution < 1.29 is 4.79 Å². The van der Waals surface area contributed by atoms with Crippen LogP contribution in [-0.4, -0.2) is 53.9 Å². The van der Waals surface area contributed by atoms with Gasteiger partial charge in [-0.25, -0.2) is 4.68 Å². The highest BCUT2D eigenvalue weighted by Gasteiger charge is 2.25. The van der Waals surface area contributed by atoms with E-state index in [1.165, 1.54) is 6.33 Å². The Morgan fingerprint density at radius 3 is 2.79 bits per heavy atom. The van der Waals surface area contributed by atoms with Crippen molar-refractivity contribution in [3.63, 3.8) is 0 Å². The number of benzene rings is 1. The molecule has 0 bridgehead atoms. The summed E-state index contributed by atoms with van der Waals surface area (Å²) in [6.07, 6.45) is 7.29. The van der Waals surface area contributed by atoms with Crippen LogP contribution in [0.5, 0.6) is 0 Å². The molecule has 3 aromatic rings. The fourth-order valence-corrected chi connectivity index (χ4v) is 3.07. The molecule has 24 heavy (non-hydrogen) atoms. The summed E-state index contributed by atoms with van der Waals surface area (Å²) in [5, 5.41) is 15.4. The van der Waals surface area contributed by atoms with Crippen LogP contribution in [-0.2, 0) is 0 Å². The van der Waals surface area contributed by atoms with Crippen LogP contribution in [0.3, 0.4) is 0 Å². The van der Waals surface area contributed by atoms with Crippen molar-refractivity contribution in [2.45, 2.75) is 18.9 Å². The normalized spacial score (nSPS) is 17.8. The zero-order valence-electron chi connectivity index (χ0n) is 13.1. The average Bonchev–Trinajstić information content (AvgIpc) is 3.35. The van der Waals surface area contributed by atoms with E-state index in [9.17, 15) is 4.79 Å². The number of hydrogen-bond acceptors (Lipinski definition) is 5. The SMILES string of the molecule is O=C(c1ccc(-n2cnnn2)cc1)N1CCC[C@H](n2cccn2)C1. The molecule has 3 heterocycles. The Bertz CT molecular complexity index is 796. The maximum Gasteiger partial charge on any atom is 0.253 e. The molecule has 1 atom stereocenters. The molecule has 122 valence electrons. The van der Waals surface area contributed by atoms with E-state index in [1.54, 1.807) is 10.9 Å². The van der Waals surface area contributed by atoms with E-state index in [2.05, 4.69) is 20.6 Å². The van der Waals surface area contributed by atoms with E-state index in [4.69, 9.17) is 0 Å². The van der Waals surface area contributed by atoms with Crippen LogP contribution in [0.1, 0.15) is 29.2 Å². The lowest BCUT2D eigenvalue weighted by atomic mass is 10.0. The third-order valence-electron chi connectivity index (χ3n) is 4.31. The molecular weight excluding hydrogens is 306 g/mol. The highest BCUT2D eigenvalue weighted by atomic mass is 16.2. The predicted molar refractivity (Wildman–Crippen MR) is 85.6 cm³/mol. The minimum atomic E-state index is 0.0510. The zero-order valence-corrected chi connectivity index (χ0v) is 13.1. The topological polar surface area (TPSA) is 81.7 Å². The van der Waals surface area contributed by atoms with Gasteiger partial charge in [-0.15, -0.1) is 5.10 Å². The van der Waals surface area contributed by atoms with Crippen molar-refractivity contribution in [1.29, 1.82) is 0 Å². The summed E-state index contributed by atoms with van der Waals surface area (Å²) in [7, 11) is 0. The van der Waals surface area contributed by atoms with E-state index >= 15 is 0 Å². The van der Waals surface area contributed by atoms with Gasteiger partial charge in [-0.05, 0) is 53.6 Å². The van der Waals surface area contributed by atoms with Crippen LogP contribution in [0.4, 0.5) is 0 Å². The number of hydrogen-bond donors (Lipinski definition) is 0. The fraction of sp³-hybridized carbons (Fsp3) is 0.312. The minimum absolute atomic E-state index is 0.0510. The Kier molecular flexibility index (Phi) is 3.78. The molecule has 0 N–H and O–H groups in total. The van der Waals surface area contributed by atoms with Crippen molar-refractivity contribution in [2.24, 2.45) is 0 Å². The van der Waals surface area contributed by atoms with Gasteiger partial charge in [-0.3, -0.25) is 9.48 Å². The standard InChI is InChI=1S/C16H17N7O/c24-16(13-4-6-14(7-5-13)23-12-17-19-20-23)21-9-1-3-15(11-21)22-10-2-8-18-22/h2,4-8,10,12,15H,1,3,9,11H2/t15-/m0/s1. The number of piperidine rings is 1. The molecule has 2 aromatic heterocycles. The molecule has 0 saturated carbocycles.